The molecular weight excluding hydrogens is 221 g/mol. The van der Waals surface area contributed by atoms with Crippen molar-refractivity contribution in [2.45, 2.75) is 20.0 Å². The van der Waals surface area contributed by atoms with Crippen molar-refractivity contribution in [1.82, 2.24) is 0 Å². The lowest BCUT2D eigenvalue weighted by Gasteiger charge is -2.23. The summed E-state index contributed by atoms with van der Waals surface area (Å²) in [5.41, 5.74) is 1.14. The molecule has 4 heteroatoms. The highest BCUT2D eigenvalue weighted by Gasteiger charge is 2.11. The molecule has 1 N–H and O–H groups in total. The summed E-state index contributed by atoms with van der Waals surface area (Å²) >= 11 is 0. The van der Waals surface area contributed by atoms with Crippen LogP contribution >= 0.6 is 0 Å². The van der Waals surface area contributed by atoms with E-state index >= 15 is 0 Å². The van der Waals surface area contributed by atoms with Gasteiger partial charge in [-0.3, -0.25) is 0 Å². The number of hydrogen-bond donors (Lipinski definition) is 1. The molecule has 1 atom stereocenters. The van der Waals surface area contributed by atoms with Crippen molar-refractivity contribution in [3.05, 3.63) is 29.6 Å². The van der Waals surface area contributed by atoms with Crippen molar-refractivity contribution in [2.75, 3.05) is 31.7 Å². The van der Waals surface area contributed by atoms with Crippen LogP contribution in [0.3, 0.4) is 0 Å². The third kappa shape index (κ3) is 3.68. The molecule has 0 saturated heterocycles. The maximum Gasteiger partial charge on any atom is 0.146 e. The molecule has 0 spiro atoms. The Morgan fingerprint density at radius 1 is 1.47 bits per heavy atom. The smallest absolute Gasteiger partial charge is 0.146 e. The highest BCUT2D eigenvalue weighted by Crippen LogP contribution is 2.23. The van der Waals surface area contributed by atoms with Gasteiger partial charge >= 0.3 is 0 Å². The van der Waals surface area contributed by atoms with Crippen LogP contribution in [0.2, 0.25) is 0 Å². The molecule has 3 nitrogen and oxygen atoms in total. The lowest BCUT2D eigenvalue weighted by molar-refractivity contribution is 0.198. The third-order valence-electron chi connectivity index (χ3n) is 2.74. The van der Waals surface area contributed by atoms with Gasteiger partial charge in [0.2, 0.25) is 0 Å². The number of likely N-dealkylation sites (N-methyl/N-ethyl adjacent to an activating group) is 1. The molecular formula is C13H20FNO2. The number of nitrogens with zero attached hydrogens (tertiary/aromatic N) is 1. The fourth-order valence-corrected chi connectivity index (χ4v) is 1.69. The first-order valence-electron chi connectivity index (χ1n) is 5.81. The van der Waals surface area contributed by atoms with Gasteiger partial charge in [-0.15, -0.1) is 0 Å². The zero-order valence-electron chi connectivity index (χ0n) is 10.6. The van der Waals surface area contributed by atoms with Gasteiger partial charge in [0.1, 0.15) is 5.82 Å². The number of benzene rings is 1. The van der Waals surface area contributed by atoms with Gasteiger partial charge in [-0.05, 0) is 31.5 Å². The molecule has 96 valence electrons. The van der Waals surface area contributed by atoms with Crippen LogP contribution in [0.1, 0.15) is 25.5 Å². The second-order valence-corrected chi connectivity index (χ2v) is 3.96. The average molecular weight is 241 g/mol. The van der Waals surface area contributed by atoms with E-state index in [9.17, 15) is 9.50 Å². The van der Waals surface area contributed by atoms with Gasteiger partial charge in [0.05, 0.1) is 18.4 Å². The van der Waals surface area contributed by atoms with Gasteiger partial charge in [0, 0.05) is 20.2 Å². The summed E-state index contributed by atoms with van der Waals surface area (Å²) < 4.78 is 18.9. The van der Waals surface area contributed by atoms with Crippen molar-refractivity contribution in [1.29, 1.82) is 0 Å². The zero-order valence-corrected chi connectivity index (χ0v) is 10.6. The van der Waals surface area contributed by atoms with E-state index in [4.69, 9.17) is 4.74 Å². The van der Waals surface area contributed by atoms with Crippen molar-refractivity contribution < 1.29 is 14.2 Å². The van der Waals surface area contributed by atoms with E-state index in [1.165, 1.54) is 6.07 Å². The summed E-state index contributed by atoms with van der Waals surface area (Å²) in [6.45, 7) is 5.52. The Labute approximate surface area is 102 Å². The minimum absolute atomic E-state index is 0.304. The SMILES string of the molecule is CCN(CCOC)c1ccc(C(C)O)cc1F. The molecule has 0 aliphatic carbocycles. The van der Waals surface area contributed by atoms with Crippen LogP contribution in [0, 0.1) is 5.82 Å². The van der Waals surface area contributed by atoms with Crippen LogP contribution in [0.4, 0.5) is 10.1 Å². The number of hydrogen-bond acceptors (Lipinski definition) is 3. The van der Waals surface area contributed by atoms with E-state index in [1.54, 1.807) is 26.2 Å². The minimum atomic E-state index is -0.646. The standard InChI is InChI=1S/C13H20FNO2/c1-4-15(7-8-17-3)13-6-5-11(10(2)16)9-12(13)14/h5-6,9-10,16H,4,7-8H2,1-3H3. The van der Waals surface area contributed by atoms with Gasteiger partial charge in [-0.1, -0.05) is 6.07 Å². The molecule has 0 radical (unpaired) electrons. The number of ether oxygens (including phenoxy) is 1. The fourth-order valence-electron chi connectivity index (χ4n) is 1.69. The molecule has 0 aliphatic heterocycles. The van der Waals surface area contributed by atoms with E-state index in [0.717, 1.165) is 0 Å². The Bertz CT molecular complexity index is 355. The Morgan fingerprint density at radius 2 is 2.18 bits per heavy atom. The van der Waals surface area contributed by atoms with Crippen LogP contribution in [0.15, 0.2) is 18.2 Å². The summed E-state index contributed by atoms with van der Waals surface area (Å²) in [6, 6.07) is 4.84. The maximum atomic E-state index is 13.9. The van der Waals surface area contributed by atoms with Crippen molar-refractivity contribution >= 4 is 5.69 Å². The number of rotatable bonds is 6. The molecule has 0 saturated carbocycles. The van der Waals surface area contributed by atoms with Crippen LogP contribution in [0.25, 0.3) is 0 Å². The highest BCUT2D eigenvalue weighted by atomic mass is 19.1. The first-order chi connectivity index (χ1) is 8.10. The van der Waals surface area contributed by atoms with Gasteiger partial charge in [-0.2, -0.15) is 0 Å². The van der Waals surface area contributed by atoms with E-state index < -0.39 is 6.10 Å². The molecule has 1 aromatic rings. The normalized spacial score (nSPS) is 12.5. The van der Waals surface area contributed by atoms with Crippen LogP contribution < -0.4 is 4.90 Å². The Morgan fingerprint density at radius 3 is 2.65 bits per heavy atom. The summed E-state index contributed by atoms with van der Waals surface area (Å²) in [5, 5.41) is 9.38. The van der Waals surface area contributed by atoms with E-state index in [2.05, 4.69) is 0 Å². The molecule has 0 fully saturated rings. The van der Waals surface area contributed by atoms with Crippen LogP contribution in [-0.4, -0.2) is 31.9 Å². The fraction of sp³-hybridized carbons (Fsp3) is 0.538. The van der Waals surface area contributed by atoms with Crippen molar-refractivity contribution in [3.63, 3.8) is 0 Å². The topological polar surface area (TPSA) is 32.7 Å². The van der Waals surface area contributed by atoms with E-state index in [0.29, 0.717) is 30.9 Å². The predicted octanol–water partition coefficient (Wildman–Crippen LogP) is 2.35. The van der Waals surface area contributed by atoms with Gasteiger partial charge in [0.25, 0.3) is 0 Å². The first-order valence-corrected chi connectivity index (χ1v) is 5.81. The van der Waals surface area contributed by atoms with Crippen LogP contribution in [0.5, 0.6) is 0 Å². The highest BCUT2D eigenvalue weighted by molar-refractivity contribution is 5.49. The predicted molar refractivity (Wildman–Crippen MR) is 66.8 cm³/mol. The molecule has 0 amide bonds. The largest absolute Gasteiger partial charge is 0.389 e. The van der Waals surface area contributed by atoms with Gasteiger partial charge in [-0.25, -0.2) is 4.39 Å². The second kappa shape index (κ2) is 6.57. The molecule has 0 bridgehead atoms. The van der Waals surface area contributed by atoms with E-state index in [-0.39, 0.29) is 5.82 Å². The van der Waals surface area contributed by atoms with E-state index in [1.807, 2.05) is 11.8 Å². The monoisotopic (exact) mass is 241 g/mol. The molecule has 1 unspecified atom stereocenters. The number of anilines is 1. The Kier molecular flexibility index (Phi) is 5.38. The maximum absolute atomic E-state index is 13.9. The minimum Gasteiger partial charge on any atom is -0.389 e. The Balaban J connectivity index is 2.88. The van der Waals surface area contributed by atoms with Gasteiger partial charge in [0.15, 0.2) is 0 Å². The van der Waals surface area contributed by atoms with Crippen molar-refractivity contribution in [3.8, 4) is 0 Å². The quantitative estimate of drug-likeness (QED) is 0.830. The molecule has 1 aromatic carbocycles. The number of aliphatic hydroxyl groups excluding tert-OH is 1. The second-order valence-electron chi connectivity index (χ2n) is 3.96. The van der Waals surface area contributed by atoms with Crippen molar-refractivity contribution in [2.24, 2.45) is 0 Å². The number of aliphatic hydroxyl groups is 1. The third-order valence-corrected chi connectivity index (χ3v) is 2.74. The molecule has 0 heterocycles. The lowest BCUT2D eigenvalue weighted by Crippen LogP contribution is -2.27. The first kappa shape index (κ1) is 13.9. The zero-order chi connectivity index (χ0) is 12.8. The van der Waals surface area contributed by atoms with Crippen LogP contribution in [-0.2, 0) is 4.74 Å². The summed E-state index contributed by atoms with van der Waals surface area (Å²) in [6.07, 6.45) is -0.646. The van der Waals surface area contributed by atoms with Gasteiger partial charge < -0.3 is 14.7 Å². The molecule has 0 aliphatic rings. The number of methoxy groups -OCH3 is 1. The molecule has 17 heavy (non-hydrogen) atoms. The summed E-state index contributed by atoms with van der Waals surface area (Å²) in [4.78, 5) is 1.91. The average Bonchev–Trinajstić information content (AvgIpc) is 2.31. The molecule has 1 rings (SSSR count). The number of halogens is 1. The lowest BCUT2D eigenvalue weighted by atomic mass is 10.1. The summed E-state index contributed by atoms with van der Waals surface area (Å²) in [7, 11) is 1.63. The summed E-state index contributed by atoms with van der Waals surface area (Å²) in [5.74, 6) is -0.304. The molecule has 0 aromatic heterocycles. The Hall–Kier alpha value is -1.13.